The van der Waals surface area contributed by atoms with Crippen LogP contribution in [0.1, 0.15) is 36.1 Å². The molecule has 0 heterocycles. The smallest absolute Gasteiger partial charge is 0.388 e. The first-order chi connectivity index (χ1) is 13.1. The van der Waals surface area contributed by atoms with E-state index in [2.05, 4.69) is 10.6 Å². The van der Waals surface area contributed by atoms with Crippen LogP contribution in [0.3, 0.4) is 0 Å². The Labute approximate surface area is 159 Å². The third-order valence-corrected chi connectivity index (χ3v) is 4.02. The van der Waals surface area contributed by atoms with Crippen molar-refractivity contribution in [2.24, 2.45) is 5.73 Å². The molecule has 0 aliphatic rings. The molecular weight excluding hydrogens is 378 g/mol. The molecule has 0 saturated heterocycles. The lowest BCUT2D eigenvalue weighted by atomic mass is 10.0. The fourth-order valence-corrected chi connectivity index (χ4v) is 2.65. The molecule has 0 saturated carbocycles. The standard InChI is InChI=1S/C19H21F4N3O2/c1-11(6-17(27)13-2-4-15(20)5-3-13)25-18(28)26-16-8-12(10-24)7-14(9-16)19(21,22)23/h2-5,7-9,11,17,27H,6,10,24H2,1H3,(H2,25,26,28). The van der Waals surface area contributed by atoms with Crippen molar-refractivity contribution in [3.8, 4) is 0 Å². The van der Waals surface area contributed by atoms with E-state index in [0.29, 0.717) is 5.56 Å². The van der Waals surface area contributed by atoms with Crippen molar-refractivity contribution in [3.63, 3.8) is 0 Å². The van der Waals surface area contributed by atoms with Crippen LogP contribution in [0.15, 0.2) is 42.5 Å². The molecule has 2 aromatic rings. The number of urea groups is 1. The van der Waals surface area contributed by atoms with Crippen molar-refractivity contribution >= 4 is 11.7 Å². The zero-order valence-corrected chi connectivity index (χ0v) is 15.1. The van der Waals surface area contributed by atoms with Crippen LogP contribution in [-0.2, 0) is 12.7 Å². The number of nitrogens with one attached hydrogen (secondary N) is 2. The maximum Gasteiger partial charge on any atom is 0.416 e. The van der Waals surface area contributed by atoms with Gasteiger partial charge < -0.3 is 21.5 Å². The fraction of sp³-hybridized carbons (Fsp3) is 0.316. The number of hydrogen-bond donors (Lipinski definition) is 4. The predicted octanol–water partition coefficient (Wildman–Crippen LogP) is 3.94. The summed E-state index contributed by atoms with van der Waals surface area (Å²) in [7, 11) is 0. The Kier molecular flexibility index (Phi) is 6.98. The zero-order valence-electron chi connectivity index (χ0n) is 15.1. The molecular formula is C19H21F4N3O2. The van der Waals surface area contributed by atoms with Crippen LogP contribution < -0.4 is 16.4 Å². The zero-order chi connectivity index (χ0) is 20.9. The summed E-state index contributed by atoms with van der Waals surface area (Å²) >= 11 is 0. The molecule has 0 aliphatic carbocycles. The van der Waals surface area contributed by atoms with Gasteiger partial charge in [0.25, 0.3) is 0 Å². The number of rotatable bonds is 6. The molecule has 2 aromatic carbocycles. The number of alkyl halides is 3. The van der Waals surface area contributed by atoms with Gasteiger partial charge in [-0.25, -0.2) is 9.18 Å². The van der Waals surface area contributed by atoms with Gasteiger partial charge in [-0.2, -0.15) is 13.2 Å². The van der Waals surface area contributed by atoms with E-state index in [4.69, 9.17) is 5.73 Å². The highest BCUT2D eigenvalue weighted by Crippen LogP contribution is 2.32. The minimum absolute atomic E-state index is 0.0425. The molecule has 0 bridgehead atoms. The fourth-order valence-electron chi connectivity index (χ4n) is 2.65. The predicted molar refractivity (Wildman–Crippen MR) is 96.9 cm³/mol. The van der Waals surface area contributed by atoms with Gasteiger partial charge >= 0.3 is 12.2 Å². The van der Waals surface area contributed by atoms with Gasteiger partial charge in [-0.3, -0.25) is 0 Å². The molecule has 0 aromatic heterocycles. The van der Waals surface area contributed by atoms with E-state index in [1.165, 1.54) is 30.3 Å². The van der Waals surface area contributed by atoms with Crippen molar-refractivity contribution in [1.29, 1.82) is 0 Å². The molecule has 2 atom stereocenters. The Morgan fingerprint density at radius 3 is 2.39 bits per heavy atom. The highest BCUT2D eigenvalue weighted by Gasteiger charge is 2.31. The first kappa shape index (κ1) is 21.6. The van der Waals surface area contributed by atoms with Gasteiger partial charge in [0.2, 0.25) is 0 Å². The molecule has 2 amide bonds. The number of hydrogen-bond acceptors (Lipinski definition) is 3. The first-order valence-electron chi connectivity index (χ1n) is 8.50. The summed E-state index contributed by atoms with van der Waals surface area (Å²) in [6, 6.07) is 7.17. The molecule has 0 fully saturated rings. The maximum absolute atomic E-state index is 12.9. The molecule has 0 radical (unpaired) electrons. The normalized spacial score (nSPS) is 13.7. The number of anilines is 1. The number of carbonyl (C=O) groups is 1. The second-order valence-electron chi connectivity index (χ2n) is 6.42. The Morgan fingerprint density at radius 2 is 1.82 bits per heavy atom. The number of carbonyl (C=O) groups excluding carboxylic acids is 1. The number of amides is 2. The van der Waals surface area contributed by atoms with Gasteiger partial charge in [0.1, 0.15) is 5.82 Å². The van der Waals surface area contributed by atoms with Crippen LogP contribution in [0.2, 0.25) is 0 Å². The lowest BCUT2D eigenvalue weighted by Gasteiger charge is -2.19. The molecule has 0 spiro atoms. The monoisotopic (exact) mass is 399 g/mol. The van der Waals surface area contributed by atoms with E-state index >= 15 is 0 Å². The van der Waals surface area contributed by atoms with E-state index in [-0.39, 0.29) is 24.2 Å². The largest absolute Gasteiger partial charge is 0.416 e. The molecule has 2 rings (SSSR count). The summed E-state index contributed by atoms with van der Waals surface area (Å²) in [5, 5.41) is 15.0. The van der Waals surface area contributed by atoms with Gasteiger partial charge in [-0.15, -0.1) is 0 Å². The number of halogens is 4. The minimum Gasteiger partial charge on any atom is -0.388 e. The molecule has 152 valence electrons. The molecule has 2 unspecified atom stereocenters. The number of aliphatic hydroxyl groups is 1. The maximum atomic E-state index is 12.9. The minimum atomic E-state index is -4.56. The summed E-state index contributed by atoms with van der Waals surface area (Å²) in [6.07, 6.45) is -5.37. The molecule has 9 heteroatoms. The second kappa shape index (κ2) is 9.03. The Balaban J connectivity index is 1.98. The van der Waals surface area contributed by atoms with Crippen LogP contribution in [0.5, 0.6) is 0 Å². The van der Waals surface area contributed by atoms with E-state index in [0.717, 1.165) is 12.1 Å². The average molecular weight is 399 g/mol. The van der Waals surface area contributed by atoms with E-state index in [9.17, 15) is 27.5 Å². The van der Waals surface area contributed by atoms with Gasteiger partial charge in [0, 0.05) is 18.3 Å². The quantitative estimate of drug-likeness (QED) is 0.555. The summed E-state index contributed by atoms with van der Waals surface area (Å²) in [5.41, 5.74) is 5.17. The highest BCUT2D eigenvalue weighted by molar-refractivity contribution is 5.89. The van der Waals surface area contributed by atoms with Gasteiger partial charge in [-0.05, 0) is 54.8 Å². The molecule has 28 heavy (non-hydrogen) atoms. The molecule has 5 nitrogen and oxygen atoms in total. The van der Waals surface area contributed by atoms with E-state index < -0.39 is 35.7 Å². The number of nitrogens with two attached hydrogens (primary N) is 1. The first-order valence-corrected chi connectivity index (χ1v) is 8.50. The van der Waals surface area contributed by atoms with Crippen molar-refractivity contribution in [2.45, 2.75) is 38.2 Å². The SMILES string of the molecule is CC(CC(O)c1ccc(F)cc1)NC(=O)Nc1cc(CN)cc(C(F)(F)F)c1. The van der Waals surface area contributed by atoms with Crippen LogP contribution >= 0.6 is 0 Å². The summed E-state index contributed by atoms with van der Waals surface area (Å²) < 4.78 is 51.7. The Bertz CT molecular complexity index is 810. The van der Waals surface area contributed by atoms with Crippen LogP contribution in [-0.4, -0.2) is 17.2 Å². The van der Waals surface area contributed by atoms with Crippen LogP contribution in [0, 0.1) is 5.82 Å². The Morgan fingerprint density at radius 1 is 1.18 bits per heavy atom. The topological polar surface area (TPSA) is 87.4 Å². The van der Waals surface area contributed by atoms with Gasteiger partial charge in [-0.1, -0.05) is 12.1 Å². The summed E-state index contributed by atoms with van der Waals surface area (Å²) in [6.45, 7) is 1.52. The van der Waals surface area contributed by atoms with E-state index in [1.54, 1.807) is 6.92 Å². The lowest BCUT2D eigenvalue weighted by Crippen LogP contribution is -2.37. The van der Waals surface area contributed by atoms with Crippen molar-refractivity contribution in [1.82, 2.24) is 5.32 Å². The van der Waals surface area contributed by atoms with Crippen LogP contribution in [0.25, 0.3) is 0 Å². The third kappa shape index (κ3) is 6.21. The summed E-state index contributed by atoms with van der Waals surface area (Å²) in [4.78, 5) is 12.1. The van der Waals surface area contributed by atoms with Crippen LogP contribution in [0.4, 0.5) is 28.0 Å². The molecule has 0 aliphatic heterocycles. The molecule has 5 N–H and O–H groups in total. The second-order valence-corrected chi connectivity index (χ2v) is 6.42. The summed E-state index contributed by atoms with van der Waals surface area (Å²) in [5.74, 6) is -0.431. The van der Waals surface area contributed by atoms with Gasteiger partial charge in [0.15, 0.2) is 0 Å². The average Bonchev–Trinajstić information content (AvgIpc) is 2.60. The highest BCUT2D eigenvalue weighted by atomic mass is 19.4. The number of benzene rings is 2. The van der Waals surface area contributed by atoms with E-state index in [1.807, 2.05) is 0 Å². The Hall–Kier alpha value is -2.65. The van der Waals surface area contributed by atoms with Gasteiger partial charge in [0.05, 0.1) is 11.7 Å². The number of aliphatic hydroxyl groups excluding tert-OH is 1. The lowest BCUT2D eigenvalue weighted by molar-refractivity contribution is -0.137. The van der Waals surface area contributed by atoms with Crippen molar-refractivity contribution in [3.05, 3.63) is 65.0 Å². The van der Waals surface area contributed by atoms with Crippen molar-refractivity contribution in [2.75, 3.05) is 5.32 Å². The van der Waals surface area contributed by atoms with Crippen molar-refractivity contribution < 1.29 is 27.5 Å². The third-order valence-electron chi connectivity index (χ3n) is 4.02.